The second kappa shape index (κ2) is 4.21. The number of aliphatic hydroxyl groups excluding tert-OH is 1. The maximum absolute atomic E-state index is 9.12. The van der Waals surface area contributed by atoms with Crippen molar-refractivity contribution in [2.45, 2.75) is 19.8 Å². The van der Waals surface area contributed by atoms with E-state index in [4.69, 9.17) is 15.6 Å². The molecule has 72 valence electrons. The van der Waals surface area contributed by atoms with E-state index in [9.17, 15) is 0 Å². The summed E-state index contributed by atoms with van der Waals surface area (Å²) in [7, 11) is 0. The molecule has 1 saturated heterocycles. The standard InChI is InChI=1S/C9H19NO2/c1-9(8(6-10)7-11)2-4-12-5-3-9/h8,11H,2-7,10H2,1H3. The van der Waals surface area contributed by atoms with Crippen molar-refractivity contribution in [2.75, 3.05) is 26.4 Å². The molecule has 3 N–H and O–H groups in total. The highest BCUT2D eigenvalue weighted by molar-refractivity contribution is 4.84. The van der Waals surface area contributed by atoms with Crippen LogP contribution >= 0.6 is 0 Å². The fraction of sp³-hybridized carbons (Fsp3) is 1.00. The van der Waals surface area contributed by atoms with E-state index in [-0.39, 0.29) is 17.9 Å². The molecule has 0 bridgehead atoms. The summed E-state index contributed by atoms with van der Waals surface area (Å²) < 4.78 is 5.28. The first-order valence-corrected chi connectivity index (χ1v) is 4.61. The van der Waals surface area contributed by atoms with Crippen LogP contribution in [0.2, 0.25) is 0 Å². The zero-order chi connectivity index (χ0) is 9.03. The van der Waals surface area contributed by atoms with Gasteiger partial charge in [-0.2, -0.15) is 0 Å². The average Bonchev–Trinajstić information content (AvgIpc) is 2.07. The maximum atomic E-state index is 9.12. The van der Waals surface area contributed by atoms with Gasteiger partial charge in [0.15, 0.2) is 0 Å². The lowest BCUT2D eigenvalue weighted by molar-refractivity contribution is -0.0199. The van der Waals surface area contributed by atoms with Crippen molar-refractivity contribution in [3.8, 4) is 0 Å². The summed E-state index contributed by atoms with van der Waals surface area (Å²) in [5, 5.41) is 9.12. The lowest BCUT2D eigenvalue weighted by atomic mass is 9.72. The summed E-state index contributed by atoms with van der Waals surface area (Å²) >= 11 is 0. The van der Waals surface area contributed by atoms with Crippen LogP contribution < -0.4 is 5.73 Å². The predicted octanol–water partition coefficient (Wildman–Crippen LogP) is 0.370. The summed E-state index contributed by atoms with van der Waals surface area (Å²) in [4.78, 5) is 0. The third-order valence-corrected chi connectivity index (χ3v) is 3.13. The zero-order valence-corrected chi connectivity index (χ0v) is 7.75. The fourth-order valence-electron chi connectivity index (χ4n) is 1.83. The van der Waals surface area contributed by atoms with Gasteiger partial charge in [-0.3, -0.25) is 0 Å². The number of rotatable bonds is 3. The molecule has 1 unspecified atom stereocenters. The average molecular weight is 173 g/mol. The number of nitrogens with two attached hydrogens (primary N) is 1. The molecule has 0 aromatic heterocycles. The molecule has 1 aliphatic rings. The Balaban J connectivity index is 2.53. The molecule has 0 aromatic carbocycles. The van der Waals surface area contributed by atoms with E-state index in [1.807, 2.05) is 0 Å². The van der Waals surface area contributed by atoms with E-state index in [0.717, 1.165) is 26.1 Å². The second-order valence-corrected chi connectivity index (χ2v) is 3.88. The molecule has 1 heterocycles. The van der Waals surface area contributed by atoms with Crippen molar-refractivity contribution >= 4 is 0 Å². The van der Waals surface area contributed by atoms with Crippen molar-refractivity contribution in [1.82, 2.24) is 0 Å². The van der Waals surface area contributed by atoms with Crippen LogP contribution in [-0.2, 0) is 4.74 Å². The summed E-state index contributed by atoms with van der Waals surface area (Å²) in [5.41, 5.74) is 5.79. The molecule has 1 fully saturated rings. The van der Waals surface area contributed by atoms with Crippen molar-refractivity contribution in [2.24, 2.45) is 17.1 Å². The quantitative estimate of drug-likeness (QED) is 0.648. The molecule has 12 heavy (non-hydrogen) atoms. The highest BCUT2D eigenvalue weighted by atomic mass is 16.5. The zero-order valence-electron chi connectivity index (χ0n) is 7.75. The third kappa shape index (κ3) is 1.97. The van der Waals surface area contributed by atoms with Gasteiger partial charge in [-0.15, -0.1) is 0 Å². The smallest absolute Gasteiger partial charge is 0.0476 e. The summed E-state index contributed by atoms with van der Waals surface area (Å²) in [6.45, 7) is 4.60. The molecule has 0 aliphatic carbocycles. The van der Waals surface area contributed by atoms with Gasteiger partial charge in [-0.05, 0) is 30.7 Å². The SMILES string of the molecule is CC1(C(CN)CO)CCOCC1. The molecule has 0 aromatic rings. The Morgan fingerprint density at radius 3 is 2.50 bits per heavy atom. The Labute approximate surface area is 73.9 Å². The van der Waals surface area contributed by atoms with Crippen LogP contribution in [0.4, 0.5) is 0 Å². The first-order chi connectivity index (χ1) is 5.73. The second-order valence-electron chi connectivity index (χ2n) is 3.88. The van der Waals surface area contributed by atoms with Gasteiger partial charge in [0.1, 0.15) is 0 Å². The fourth-order valence-corrected chi connectivity index (χ4v) is 1.83. The van der Waals surface area contributed by atoms with E-state index in [0.29, 0.717) is 6.54 Å². The van der Waals surface area contributed by atoms with Gasteiger partial charge in [-0.1, -0.05) is 6.92 Å². The van der Waals surface area contributed by atoms with Gasteiger partial charge >= 0.3 is 0 Å². The van der Waals surface area contributed by atoms with E-state index in [1.54, 1.807) is 0 Å². The van der Waals surface area contributed by atoms with Gasteiger partial charge in [0.2, 0.25) is 0 Å². The van der Waals surface area contributed by atoms with Crippen molar-refractivity contribution in [1.29, 1.82) is 0 Å². The molecule has 1 atom stereocenters. The van der Waals surface area contributed by atoms with Crippen molar-refractivity contribution in [3.63, 3.8) is 0 Å². The first kappa shape index (κ1) is 9.96. The Kier molecular flexibility index (Phi) is 3.50. The van der Waals surface area contributed by atoms with Gasteiger partial charge in [0.05, 0.1) is 0 Å². The van der Waals surface area contributed by atoms with Gasteiger partial charge in [-0.25, -0.2) is 0 Å². The molecule has 0 saturated carbocycles. The molecule has 0 spiro atoms. The Morgan fingerprint density at radius 2 is 2.08 bits per heavy atom. The summed E-state index contributed by atoms with van der Waals surface area (Å²) in [5.74, 6) is 0.237. The van der Waals surface area contributed by atoms with Crippen LogP contribution in [0.5, 0.6) is 0 Å². The van der Waals surface area contributed by atoms with E-state index >= 15 is 0 Å². The molecular weight excluding hydrogens is 154 g/mol. The normalized spacial score (nSPS) is 25.2. The highest BCUT2D eigenvalue weighted by Crippen LogP contribution is 2.36. The van der Waals surface area contributed by atoms with Crippen molar-refractivity contribution in [3.05, 3.63) is 0 Å². The third-order valence-electron chi connectivity index (χ3n) is 3.13. The van der Waals surface area contributed by atoms with E-state index in [2.05, 4.69) is 6.92 Å². The van der Waals surface area contributed by atoms with Crippen LogP contribution in [0.3, 0.4) is 0 Å². The molecular formula is C9H19NO2. The lowest BCUT2D eigenvalue weighted by Crippen LogP contribution is -2.39. The van der Waals surface area contributed by atoms with Gasteiger partial charge < -0.3 is 15.6 Å². The minimum absolute atomic E-state index is 0.196. The summed E-state index contributed by atoms with van der Waals surface area (Å²) in [6.07, 6.45) is 2.05. The molecule has 0 amide bonds. The molecule has 3 nitrogen and oxygen atoms in total. The predicted molar refractivity (Wildman–Crippen MR) is 47.8 cm³/mol. The minimum atomic E-state index is 0.196. The monoisotopic (exact) mass is 173 g/mol. The van der Waals surface area contributed by atoms with Crippen LogP contribution in [0.25, 0.3) is 0 Å². The van der Waals surface area contributed by atoms with E-state index < -0.39 is 0 Å². The number of hydrogen-bond acceptors (Lipinski definition) is 3. The van der Waals surface area contributed by atoms with E-state index in [1.165, 1.54) is 0 Å². The minimum Gasteiger partial charge on any atom is -0.396 e. The Bertz CT molecular complexity index is 128. The Hall–Kier alpha value is -0.120. The van der Waals surface area contributed by atoms with Gasteiger partial charge in [0, 0.05) is 19.8 Å². The molecule has 0 radical (unpaired) electrons. The first-order valence-electron chi connectivity index (χ1n) is 4.61. The van der Waals surface area contributed by atoms with Crippen LogP contribution in [-0.4, -0.2) is 31.5 Å². The van der Waals surface area contributed by atoms with Crippen molar-refractivity contribution < 1.29 is 9.84 Å². The molecule has 1 aliphatic heterocycles. The molecule has 1 rings (SSSR count). The maximum Gasteiger partial charge on any atom is 0.0476 e. The highest BCUT2D eigenvalue weighted by Gasteiger charge is 2.34. The molecule has 3 heteroatoms. The van der Waals surface area contributed by atoms with Crippen LogP contribution in [0, 0.1) is 11.3 Å². The van der Waals surface area contributed by atoms with Crippen LogP contribution in [0.1, 0.15) is 19.8 Å². The van der Waals surface area contributed by atoms with Gasteiger partial charge in [0.25, 0.3) is 0 Å². The lowest BCUT2D eigenvalue weighted by Gasteiger charge is -2.39. The Morgan fingerprint density at radius 1 is 1.50 bits per heavy atom. The number of ether oxygens (including phenoxy) is 1. The summed E-state index contributed by atoms with van der Waals surface area (Å²) in [6, 6.07) is 0. The number of aliphatic hydroxyl groups is 1. The number of hydrogen-bond donors (Lipinski definition) is 2. The topological polar surface area (TPSA) is 55.5 Å². The largest absolute Gasteiger partial charge is 0.396 e. The van der Waals surface area contributed by atoms with Crippen LogP contribution in [0.15, 0.2) is 0 Å².